The second-order valence-electron chi connectivity index (χ2n) is 6.00. The van der Waals surface area contributed by atoms with Gasteiger partial charge in [0.15, 0.2) is 10.9 Å². The number of piperidine rings is 1. The van der Waals surface area contributed by atoms with Crippen molar-refractivity contribution in [1.29, 1.82) is 5.26 Å². The molecule has 1 unspecified atom stereocenters. The minimum atomic E-state index is 0.0546. The second kappa shape index (κ2) is 7.01. The Bertz CT molecular complexity index is 998. The van der Waals surface area contributed by atoms with E-state index in [1.54, 1.807) is 23.6 Å². The number of pyridine rings is 1. The highest BCUT2D eigenvalue weighted by Crippen LogP contribution is 2.38. The van der Waals surface area contributed by atoms with Crippen LogP contribution in [0, 0.1) is 17.2 Å². The molecule has 0 aromatic carbocycles. The fourth-order valence-electron chi connectivity index (χ4n) is 2.91. The van der Waals surface area contributed by atoms with Crippen molar-refractivity contribution in [3.8, 4) is 6.07 Å². The van der Waals surface area contributed by atoms with Crippen molar-refractivity contribution in [1.82, 2.24) is 19.9 Å². The summed E-state index contributed by atoms with van der Waals surface area (Å²) in [6.45, 7) is 1.63. The minimum Gasteiger partial charge on any atom is -0.384 e. The number of nitrogens with zero attached hydrogens (tertiary/aromatic N) is 6. The van der Waals surface area contributed by atoms with E-state index in [1.165, 1.54) is 6.33 Å². The molecule has 0 radical (unpaired) electrons. The predicted molar refractivity (Wildman–Crippen MR) is 105 cm³/mol. The third-order valence-corrected chi connectivity index (χ3v) is 5.88. The number of nitrogens with two attached hydrogens (primary N) is 1. The van der Waals surface area contributed by atoms with E-state index in [0.717, 1.165) is 39.2 Å². The van der Waals surface area contributed by atoms with Crippen LogP contribution >= 0.6 is 27.3 Å². The number of thiazole rings is 1. The SMILES string of the molecule is N#CC1CCCN(c2nc3c(Br)cnc(Nc4cc(N)ncn4)c3s2)C1. The first kappa shape index (κ1) is 16.9. The maximum atomic E-state index is 9.23. The van der Waals surface area contributed by atoms with E-state index in [-0.39, 0.29) is 5.92 Å². The number of aromatic nitrogens is 4. The summed E-state index contributed by atoms with van der Waals surface area (Å²) in [4.78, 5) is 19.5. The summed E-state index contributed by atoms with van der Waals surface area (Å²) in [5.41, 5.74) is 6.55. The molecule has 1 fully saturated rings. The Labute approximate surface area is 162 Å². The topological polar surface area (TPSA) is 117 Å². The van der Waals surface area contributed by atoms with Crippen molar-refractivity contribution in [2.45, 2.75) is 12.8 Å². The molecule has 0 saturated carbocycles. The van der Waals surface area contributed by atoms with E-state index in [1.807, 2.05) is 0 Å². The minimum absolute atomic E-state index is 0.0546. The molecule has 132 valence electrons. The molecule has 0 amide bonds. The van der Waals surface area contributed by atoms with Gasteiger partial charge < -0.3 is 16.0 Å². The average Bonchev–Trinajstić information content (AvgIpc) is 3.11. The maximum absolute atomic E-state index is 9.23. The number of halogens is 1. The van der Waals surface area contributed by atoms with Gasteiger partial charge in [0.25, 0.3) is 0 Å². The highest BCUT2D eigenvalue weighted by Gasteiger charge is 2.23. The van der Waals surface area contributed by atoms with Gasteiger partial charge in [-0.25, -0.2) is 19.9 Å². The van der Waals surface area contributed by atoms with Gasteiger partial charge in [-0.1, -0.05) is 11.3 Å². The van der Waals surface area contributed by atoms with Crippen molar-refractivity contribution in [2.75, 3.05) is 29.0 Å². The molecule has 8 nitrogen and oxygen atoms in total. The van der Waals surface area contributed by atoms with E-state index < -0.39 is 0 Å². The molecule has 10 heteroatoms. The lowest BCUT2D eigenvalue weighted by atomic mass is 10.0. The number of nitrogens with one attached hydrogen (secondary N) is 1. The summed E-state index contributed by atoms with van der Waals surface area (Å²) in [5.74, 6) is 1.68. The average molecular weight is 431 g/mol. The number of nitriles is 1. The summed E-state index contributed by atoms with van der Waals surface area (Å²) < 4.78 is 1.75. The van der Waals surface area contributed by atoms with Gasteiger partial charge >= 0.3 is 0 Å². The molecule has 0 spiro atoms. The monoisotopic (exact) mass is 430 g/mol. The molecule has 1 saturated heterocycles. The molecule has 3 aromatic heterocycles. The molecular formula is C16H15BrN8S. The van der Waals surface area contributed by atoms with Gasteiger partial charge in [0.1, 0.15) is 28.2 Å². The third kappa shape index (κ3) is 3.27. The normalized spacial score (nSPS) is 17.2. The lowest BCUT2D eigenvalue weighted by Crippen LogP contribution is -2.34. The van der Waals surface area contributed by atoms with Crippen molar-refractivity contribution in [3.63, 3.8) is 0 Å². The summed E-state index contributed by atoms with van der Waals surface area (Å²) >= 11 is 5.08. The summed E-state index contributed by atoms with van der Waals surface area (Å²) in [6.07, 6.45) is 5.07. The Kier molecular flexibility index (Phi) is 4.57. The van der Waals surface area contributed by atoms with E-state index >= 15 is 0 Å². The Hall–Kier alpha value is -2.51. The molecular weight excluding hydrogens is 416 g/mol. The van der Waals surface area contributed by atoms with Gasteiger partial charge in [-0.15, -0.1) is 0 Å². The molecule has 0 aliphatic carbocycles. The molecule has 4 rings (SSSR count). The number of hydrogen-bond acceptors (Lipinski definition) is 9. The van der Waals surface area contributed by atoms with Crippen LogP contribution in [0.1, 0.15) is 12.8 Å². The van der Waals surface area contributed by atoms with E-state index in [9.17, 15) is 5.26 Å². The van der Waals surface area contributed by atoms with Crippen molar-refractivity contribution < 1.29 is 0 Å². The quantitative estimate of drug-likeness (QED) is 0.649. The predicted octanol–water partition coefficient (Wildman–Crippen LogP) is 3.31. The summed E-state index contributed by atoms with van der Waals surface area (Å²) in [7, 11) is 0. The zero-order valence-electron chi connectivity index (χ0n) is 13.7. The van der Waals surface area contributed by atoms with Crippen molar-refractivity contribution in [3.05, 3.63) is 23.1 Å². The molecule has 1 aliphatic rings. The van der Waals surface area contributed by atoms with Crippen LogP contribution in [0.3, 0.4) is 0 Å². The Morgan fingerprint density at radius 3 is 3.08 bits per heavy atom. The first-order valence-electron chi connectivity index (χ1n) is 8.08. The number of nitrogen functional groups attached to an aromatic ring is 1. The fraction of sp³-hybridized carbons (Fsp3) is 0.312. The second-order valence-corrected chi connectivity index (χ2v) is 7.83. The molecule has 1 aliphatic heterocycles. The Balaban J connectivity index is 1.70. The largest absolute Gasteiger partial charge is 0.384 e. The number of fused-ring (bicyclic) bond motifs is 1. The molecule has 1 atom stereocenters. The lowest BCUT2D eigenvalue weighted by molar-refractivity contribution is 0.493. The smallest absolute Gasteiger partial charge is 0.186 e. The van der Waals surface area contributed by atoms with Crippen molar-refractivity contribution >= 4 is 60.1 Å². The Morgan fingerprint density at radius 2 is 2.27 bits per heavy atom. The Morgan fingerprint density at radius 1 is 1.38 bits per heavy atom. The molecule has 4 heterocycles. The van der Waals surface area contributed by atoms with Crippen LogP contribution in [-0.4, -0.2) is 33.0 Å². The molecule has 0 bridgehead atoms. The van der Waals surface area contributed by atoms with Crippen LogP contribution in [0.5, 0.6) is 0 Å². The zero-order chi connectivity index (χ0) is 18.1. The third-order valence-electron chi connectivity index (χ3n) is 4.17. The summed E-state index contributed by atoms with van der Waals surface area (Å²) in [6, 6.07) is 4.03. The number of rotatable bonds is 3. The van der Waals surface area contributed by atoms with Crippen molar-refractivity contribution in [2.24, 2.45) is 5.92 Å². The van der Waals surface area contributed by atoms with Crippen LogP contribution in [0.2, 0.25) is 0 Å². The van der Waals surface area contributed by atoms with Gasteiger partial charge in [-0.3, -0.25) is 0 Å². The fourth-order valence-corrected chi connectivity index (χ4v) is 4.50. The highest BCUT2D eigenvalue weighted by molar-refractivity contribution is 9.10. The van der Waals surface area contributed by atoms with E-state index in [0.29, 0.717) is 24.0 Å². The van der Waals surface area contributed by atoms with Gasteiger partial charge in [-0.05, 0) is 28.8 Å². The summed E-state index contributed by atoms with van der Waals surface area (Å²) in [5, 5.41) is 13.3. The van der Waals surface area contributed by atoms with E-state index in [2.05, 4.69) is 47.2 Å². The van der Waals surface area contributed by atoms with E-state index in [4.69, 9.17) is 10.7 Å². The zero-order valence-corrected chi connectivity index (χ0v) is 16.1. The van der Waals surface area contributed by atoms with Crippen LogP contribution in [0.15, 0.2) is 23.1 Å². The number of anilines is 4. The first-order chi connectivity index (χ1) is 12.6. The molecule has 3 aromatic rings. The van der Waals surface area contributed by atoms with Crippen LogP contribution in [0.25, 0.3) is 10.2 Å². The molecule has 3 N–H and O–H groups in total. The van der Waals surface area contributed by atoms with Crippen LogP contribution in [-0.2, 0) is 0 Å². The van der Waals surface area contributed by atoms with Gasteiger partial charge in [0.05, 0.1) is 16.5 Å². The standard InChI is InChI=1S/C16H15BrN8S/c17-10-6-20-15(23-12-4-11(19)21-8-22-12)14-13(10)24-16(26-14)25-3-1-2-9(5-18)7-25/h4,6,8-9H,1-3,7H2,(H3,19,20,21,22,23). The lowest BCUT2D eigenvalue weighted by Gasteiger charge is -2.28. The maximum Gasteiger partial charge on any atom is 0.186 e. The van der Waals surface area contributed by atoms with Crippen LogP contribution < -0.4 is 16.0 Å². The number of hydrogen-bond donors (Lipinski definition) is 2. The van der Waals surface area contributed by atoms with Crippen LogP contribution in [0.4, 0.5) is 22.6 Å². The van der Waals surface area contributed by atoms with Gasteiger partial charge in [0.2, 0.25) is 0 Å². The van der Waals surface area contributed by atoms with Gasteiger partial charge in [-0.2, -0.15) is 5.26 Å². The first-order valence-corrected chi connectivity index (χ1v) is 9.69. The highest BCUT2D eigenvalue weighted by atomic mass is 79.9. The van der Waals surface area contributed by atoms with Gasteiger partial charge in [0, 0.05) is 25.4 Å². The molecule has 26 heavy (non-hydrogen) atoms.